The number of nitrogens with zero attached hydrogens (tertiary/aromatic N) is 3. The fraction of sp³-hybridized carbons (Fsp3) is 0.296. The molecule has 10 nitrogen and oxygen atoms in total. The third-order valence-electron chi connectivity index (χ3n) is 6.16. The Kier molecular flexibility index (Phi) is 7.73. The van der Waals surface area contributed by atoms with Crippen LogP contribution in [0.1, 0.15) is 43.3 Å². The molecule has 11 heteroatoms. The van der Waals surface area contributed by atoms with Crippen LogP contribution in [0.2, 0.25) is 0 Å². The molecule has 0 spiro atoms. The molecule has 196 valence electrons. The molecule has 1 aromatic carbocycles. The number of hydrogen-bond acceptors (Lipinski definition) is 8. The normalized spacial score (nSPS) is 16.8. The van der Waals surface area contributed by atoms with Crippen molar-refractivity contribution in [2.24, 2.45) is 9.98 Å². The van der Waals surface area contributed by atoms with E-state index in [-0.39, 0.29) is 43.7 Å². The van der Waals surface area contributed by atoms with E-state index in [1.165, 1.54) is 16.7 Å². The zero-order chi connectivity index (χ0) is 26.5. The first kappa shape index (κ1) is 25.5. The van der Waals surface area contributed by atoms with Crippen molar-refractivity contribution in [2.75, 3.05) is 0 Å². The molecule has 38 heavy (non-hydrogen) atoms. The maximum absolute atomic E-state index is 13.5. The Hall–Kier alpha value is -4.12. The molecule has 0 radical (unpaired) electrons. The molecule has 0 saturated heterocycles. The summed E-state index contributed by atoms with van der Waals surface area (Å²) in [7, 11) is 0. The van der Waals surface area contributed by atoms with Crippen LogP contribution in [-0.2, 0) is 27.5 Å². The van der Waals surface area contributed by atoms with E-state index in [1.54, 1.807) is 36.8 Å². The van der Waals surface area contributed by atoms with E-state index in [2.05, 4.69) is 10.6 Å². The molecule has 0 saturated carbocycles. The number of nitrogens with one attached hydrogen (secondary N) is 2. The lowest BCUT2D eigenvalue weighted by Crippen LogP contribution is -2.43. The number of furan rings is 2. The first-order valence-electron chi connectivity index (χ1n) is 12.4. The molecule has 3 aromatic rings. The molecule has 3 amide bonds. The average molecular weight is 534 g/mol. The van der Waals surface area contributed by atoms with Crippen molar-refractivity contribution in [2.45, 2.75) is 50.6 Å². The van der Waals surface area contributed by atoms with Crippen molar-refractivity contribution in [3.8, 4) is 0 Å². The highest BCUT2D eigenvalue weighted by molar-refractivity contribution is 8.15. The van der Waals surface area contributed by atoms with Crippen LogP contribution in [0.5, 0.6) is 0 Å². The standard InChI is InChI=1S/C27H27N5O5S/c1-2-22(25(34)29-16-18-8-6-14-37-18)38-27-31-20-10-4-3-9-19(20)24-30-21(26(35)32(24)27)11-12-23(33)28-15-17-7-5-13-36-17/h3-10,13-14,21-22H,2,11-12,15-16H2,1H3,(H,28,33)(H,29,34)/t21-,22-/m1/s1. The lowest BCUT2D eigenvalue weighted by atomic mass is 10.1. The number of carbonyl (C=O) groups is 3. The van der Waals surface area contributed by atoms with Crippen LogP contribution in [0, 0.1) is 0 Å². The topological polar surface area (TPSA) is 130 Å². The minimum atomic E-state index is -0.718. The highest BCUT2D eigenvalue weighted by Crippen LogP contribution is 2.35. The van der Waals surface area contributed by atoms with Gasteiger partial charge in [-0.2, -0.15) is 0 Å². The Bertz CT molecular complexity index is 1370. The molecular weight excluding hydrogens is 506 g/mol. The van der Waals surface area contributed by atoms with Gasteiger partial charge in [0.15, 0.2) is 5.17 Å². The summed E-state index contributed by atoms with van der Waals surface area (Å²) in [6.07, 6.45) is 4.02. The number of amides is 3. The van der Waals surface area contributed by atoms with Gasteiger partial charge in [0.1, 0.15) is 23.4 Å². The Balaban J connectivity index is 1.28. The van der Waals surface area contributed by atoms with Crippen molar-refractivity contribution in [1.29, 1.82) is 0 Å². The van der Waals surface area contributed by atoms with E-state index in [1.807, 2.05) is 31.2 Å². The number of benzene rings is 1. The number of para-hydroxylation sites is 1. The molecule has 2 aliphatic rings. The van der Waals surface area contributed by atoms with Gasteiger partial charge in [-0.1, -0.05) is 30.8 Å². The average Bonchev–Trinajstić information content (AvgIpc) is 3.70. The summed E-state index contributed by atoms with van der Waals surface area (Å²) in [5.41, 5.74) is 1.42. The predicted octanol–water partition coefficient (Wildman–Crippen LogP) is 3.76. The maximum Gasteiger partial charge on any atom is 0.259 e. The van der Waals surface area contributed by atoms with Crippen molar-refractivity contribution in [3.05, 3.63) is 78.1 Å². The van der Waals surface area contributed by atoms with Gasteiger partial charge in [0, 0.05) is 12.0 Å². The molecule has 0 aliphatic carbocycles. The van der Waals surface area contributed by atoms with Crippen LogP contribution in [-0.4, -0.2) is 44.9 Å². The number of rotatable bonds is 10. The molecule has 2 N–H and O–H groups in total. The molecule has 2 aromatic heterocycles. The summed E-state index contributed by atoms with van der Waals surface area (Å²) in [6, 6.07) is 13.8. The van der Waals surface area contributed by atoms with Gasteiger partial charge < -0.3 is 19.5 Å². The molecule has 0 bridgehead atoms. The second-order valence-electron chi connectivity index (χ2n) is 8.76. The van der Waals surface area contributed by atoms with Crippen LogP contribution in [0.3, 0.4) is 0 Å². The van der Waals surface area contributed by atoms with Crippen LogP contribution >= 0.6 is 11.8 Å². The molecule has 4 heterocycles. The number of carbonyl (C=O) groups excluding carboxylic acids is 3. The molecule has 5 rings (SSSR count). The Labute approximate surface area is 223 Å². The van der Waals surface area contributed by atoms with Gasteiger partial charge in [-0.3, -0.25) is 19.4 Å². The van der Waals surface area contributed by atoms with Gasteiger partial charge >= 0.3 is 0 Å². The van der Waals surface area contributed by atoms with Crippen molar-refractivity contribution >= 4 is 46.2 Å². The molecule has 0 fully saturated rings. The summed E-state index contributed by atoms with van der Waals surface area (Å²) >= 11 is 1.23. The highest BCUT2D eigenvalue weighted by Gasteiger charge is 2.42. The fourth-order valence-electron chi connectivity index (χ4n) is 4.17. The van der Waals surface area contributed by atoms with Crippen LogP contribution in [0.25, 0.3) is 0 Å². The van der Waals surface area contributed by atoms with Crippen molar-refractivity contribution in [3.63, 3.8) is 0 Å². The Morgan fingerprint density at radius 1 is 1.03 bits per heavy atom. The zero-order valence-corrected chi connectivity index (χ0v) is 21.6. The number of thioether (sulfide) groups is 1. The van der Waals surface area contributed by atoms with E-state index >= 15 is 0 Å². The summed E-state index contributed by atoms with van der Waals surface area (Å²) < 4.78 is 10.5. The lowest BCUT2D eigenvalue weighted by molar-refractivity contribution is -0.125. The third kappa shape index (κ3) is 5.57. The van der Waals surface area contributed by atoms with E-state index < -0.39 is 11.3 Å². The molecule has 0 unspecified atom stereocenters. The minimum Gasteiger partial charge on any atom is -0.467 e. The van der Waals surface area contributed by atoms with E-state index in [0.29, 0.717) is 34.6 Å². The Morgan fingerprint density at radius 3 is 2.42 bits per heavy atom. The summed E-state index contributed by atoms with van der Waals surface area (Å²) in [4.78, 5) is 49.7. The number of aliphatic imine (C=N–C) groups is 2. The van der Waals surface area contributed by atoms with Gasteiger partial charge in [0.25, 0.3) is 5.91 Å². The smallest absolute Gasteiger partial charge is 0.259 e. The van der Waals surface area contributed by atoms with Crippen LogP contribution in [0.15, 0.2) is 79.9 Å². The summed E-state index contributed by atoms with van der Waals surface area (Å²) in [5.74, 6) is 1.18. The van der Waals surface area contributed by atoms with Crippen molar-refractivity contribution < 1.29 is 23.2 Å². The van der Waals surface area contributed by atoms with E-state index in [9.17, 15) is 14.4 Å². The third-order valence-corrected chi connectivity index (χ3v) is 7.48. The van der Waals surface area contributed by atoms with Gasteiger partial charge in [-0.15, -0.1) is 0 Å². The monoisotopic (exact) mass is 533 g/mol. The van der Waals surface area contributed by atoms with E-state index in [0.717, 1.165) is 5.56 Å². The molecule has 2 aliphatic heterocycles. The SMILES string of the molecule is CC[C@@H](SC1=Nc2ccccc2C2=N[C@H](CCC(=O)NCc3ccco3)C(=O)N12)C(=O)NCc1ccco1. The molecular formula is C27H27N5O5S. The highest BCUT2D eigenvalue weighted by atomic mass is 32.2. The quantitative estimate of drug-likeness (QED) is 0.408. The second kappa shape index (κ2) is 11.5. The zero-order valence-electron chi connectivity index (χ0n) is 20.8. The first-order valence-corrected chi connectivity index (χ1v) is 13.3. The number of amidine groups is 2. The van der Waals surface area contributed by atoms with Crippen LogP contribution < -0.4 is 10.6 Å². The van der Waals surface area contributed by atoms with Gasteiger partial charge in [-0.25, -0.2) is 9.89 Å². The number of hydrogen-bond donors (Lipinski definition) is 2. The van der Waals surface area contributed by atoms with Crippen LogP contribution in [0.4, 0.5) is 5.69 Å². The Morgan fingerprint density at radius 2 is 1.74 bits per heavy atom. The van der Waals surface area contributed by atoms with Gasteiger partial charge in [0.05, 0.1) is 36.6 Å². The van der Waals surface area contributed by atoms with E-state index in [4.69, 9.17) is 18.8 Å². The fourth-order valence-corrected chi connectivity index (χ4v) is 5.22. The van der Waals surface area contributed by atoms with Gasteiger partial charge in [-0.05, 0) is 49.2 Å². The lowest BCUT2D eigenvalue weighted by Gasteiger charge is -2.27. The molecule has 2 atom stereocenters. The largest absolute Gasteiger partial charge is 0.467 e. The second-order valence-corrected chi connectivity index (χ2v) is 9.93. The first-order chi connectivity index (χ1) is 18.5. The maximum atomic E-state index is 13.5. The summed E-state index contributed by atoms with van der Waals surface area (Å²) in [5, 5.41) is 5.60. The number of fused-ring (bicyclic) bond motifs is 3. The predicted molar refractivity (Wildman–Crippen MR) is 143 cm³/mol. The summed E-state index contributed by atoms with van der Waals surface area (Å²) in [6.45, 7) is 2.47. The minimum absolute atomic E-state index is 0.135. The van der Waals surface area contributed by atoms with Crippen molar-refractivity contribution in [1.82, 2.24) is 15.5 Å². The van der Waals surface area contributed by atoms with Gasteiger partial charge in [0.2, 0.25) is 11.8 Å².